The molecule has 4 saturated carbocycles. The normalized spacial score (nSPS) is 46.5. The maximum Gasteiger partial charge on any atom is 0.130 e. The summed E-state index contributed by atoms with van der Waals surface area (Å²) >= 11 is 0. The molecule has 0 spiro atoms. The summed E-state index contributed by atoms with van der Waals surface area (Å²) in [5.74, 6) is 2.23. The molecule has 2 heteroatoms. The Hall–Kier alpha value is -0.660. The zero-order valence-corrected chi connectivity index (χ0v) is 10.9. The van der Waals surface area contributed by atoms with Crippen LogP contribution in [0.3, 0.4) is 0 Å². The molecule has 4 aliphatic rings. The number of rotatable bonds is 4. The summed E-state index contributed by atoms with van der Waals surface area (Å²) in [6, 6.07) is 0. The van der Waals surface area contributed by atoms with Crippen LogP contribution in [0.1, 0.15) is 58.8 Å². The topological polar surface area (TPSA) is 34.1 Å². The van der Waals surface area contributed by atoms with Crippen LogP contribution in [0.25, 0.3) is 0 Å². The molecule has 0 aromatic carbocycles. The molecule has 0 amide bonds. The minimum absolute atomic E-state index is 0.285. The molecule has 4 rings (SSSR count). The van der Waals surface area contributed by atoms with Crippen molar-refractivity contribution in [2.75, 3.05) is 0 Å². The van der Waals surface area contributed by atoms with Crippen LogP contribution in [-0.4, -0.2) is 11.6 Å². The highest BCUT2D eigenvalue weighted by Crippen LogP contribution is 2.72. The van der Waals surface area contributed by atoms with Gasteiger partial charge >= 0.3 is 0 Å². The summed E-state index contributed by atoms with van der Waals surface area (Å²) < 4.78 is 0. The van der Waals surface area contributed by atoms with E-state index in [9.17, 15) is 9.59 Å². The summed E-state index contributed by atoms with van der Waals surface area (Å²) in [6.45, 7) is 3.45. The minimum atomic E-state index is 0.285. The molecule has 4 fully saturated rings. The lowest BCUT2D eigenvalue weighted by molar-refractivity contribution is -0.120. The monoisotopic (exact) mass is 234 g/mol. The number of hydrogen-bond acceptors (Lipinski definition) is 2. The third-order valence-electron chi connectivity index (χ3n) is 5.53. The Balaban J connectivity index is 1.86. The molecule has 4 atom stereocenters. The van der Waals surface area contributed by atoms with Crippen LogP contribution >= 0.6 is 0 Å². The van der Waals surface area contributed by atoms with Gasteiger partial charge in [-0.1, -0.05) is 0 Å². The number of carbonyl (C=O) groups excluding carboxylic acids is 2. The van der Waals surface area contributed by atoms with Gasteiger partial charge in [-0.2, -0.15) is 0 Å². The van der Waals surface area contributed by atoms with Crippen molar-refractivity contribution in [2.45, 2.75) is 58.8 Å². The number of Topliss-reactive ketones (excluding diaryl/α,β-unsaturated/α-hetero) is 2. The van der Waals surface area contributed by atoms with Gasteiger partial charge in [-0.05, 0) is 68.6 Å². The van der Waals surface area contributed by atoms with Crippen molar-refractivity contribution in [3.63, 3.8) is 0 Å². The summed E-state index contributed by atoms with van der Waals surface area (Å²) in [6.07, 6.45) is 7.75. The summed E-state index contributed by atoms with van der Waals surface area (Å²) in [5, 5.41) is 0. The number of hydrogen-bond donors (Lipinski definition) is 0. The molecule has 4 aliphatic carbocycles. The molecule has 0 radical (unpaired) electrons. The molecule has 0 N–H and O–H groups in total. The van der Waals surface area contributed by atoms with E-state index in [1.807, 2.05) is 0 Å². The third-order valence-corrected chi connectivity index (χ3v) is 5.53. The van der Waals surface area contributed by atoms with Crippen LogP contribution < -0.4 is 0 Å². The second-order valence-corrected chi connectivity index (χ2v) is 7.21. The Morgan fingerprint density at radius 3 is 2.41 bits per heavy atom. The standard InChI is InChI=1S/C15H22O2/c1-10(16)4-14-6-12-3-13(8-14)15(7-12,9-14)5-11(2)17/h12-13H,3-9H2,1-2H3. The van der Waals surface area contributed by atoms with E-state index in [0.717, 1.165) is 31.1 Å². The highest BCUT2D eigenvalue weighted by Gasteiger charge is 2.63. The lowest BCUT2D eigenvalue weighted by atomic mass is 9.64. The number of ketones is 2. The van der Waals surface area contributed by atoms with Crippen molar-refractivity contribution in [3.8, 4) is 0 Å². The van der Waals surface area contributed by atoms with Crippen molar-refractivity contribution < 1.29 is 9.59 Å². The maximum absolute atomic E-state index is 11.5. The van der Waals surface area contributed by atoms with Crippen molar-refractivity contribution in [1.82, 2.24) is 0 Å². The zero-order valence-electron chi connectivity index (χ0n) is 10.9. The van der Waals surface area contributed by atoms with Crippen molar-refractivity contribution in [1.29, 1.82) is 0 Å². The van der Waals surface area contributed by atoms with Crippen LogP contribution in [0.15, 0.2) is 0 Å². The second kappa shape index (κ2) is 3.43. The van der Waals surface area contributed by atoms with Gasteiger partial charge < -0.3 is 9.59 Å². The summed E-state index contributed by atoms with van der Waals surface area (Å²) in [5.41, 5.74) is 0.581. The Morgan fingerprint density at radius 1 is 1.06 bits per heavy atom. The van der Waals surface area contributed by atoms with Gasteiger partial charge in [-0.25, -0.2) is 0 Å². The van der Waals surface area contributed by atoms with E-state index in [-0.39, 0.29) is 5.41 Å². The molecule has 0 saturated heterocycles. The smallest absolute Gasteiger partial charge is 0.130 e. The van der Waals surface area contributed by atoms with E-state index in [1.165, 1.54) is 25.7 Å². The SMILES string of the molecule is CC(=O)CC12CC3CC(C1)C(CC(C)=O)(C3)C2. The van der Waals surface area contributed by atoms with Crippen LogP contribution in [-0.2, 0) is 9.59 Å². The molecular weight excluding hydrogens is 212 g/mol. The fourth-order valence-corrected chi connectivity index (χ4v) is 5.77. The van der Waals surface area contributed by atoms with Crippen molar-refractivity contribution in [3.05, 3.63) is 0 Å². The molecule has 0 aromatic rings. The first-order chi connectivity index (χ1) is 7.93. The first kappa shape index (κ1) is 11.4. The molecule has 4 unspecified atom stereocenters. The van der Waals surface area contributed by atoms with Gasteiger partial charge in [-0.15, -0.1) is 0 Å². The Kier molecular flexibility index (Phi) is 2.30. The lowest BCUT2D eigenvalue weighted by Crippen LogP contribution is -2.32. The average molecular weight is 234 g/mol. The Labute approximate surface area is 103 Å². The predicted octanol–water partition coefficient (Wildman–Crippen LogP) is 3.14. The highest BCUT2D eigenvalue weighted by atomic mass is 16.1. The van der Waals surface area contributed by atoms with E-state index in [0.29, 0.717) is 17.0 Å². The van der Waals surface area contributed by atoms with Gasteiger partial charge in [0.1, 0.15) is 11.6 Å². The minimum Gasteiger partial charge on any atom is -0.300 e. The average Bonchev–Trinajstić information content (AvgIpc) is 2.44. The van der Waals surface area contributed by atoms with Gasteiger partial charge in [-0.3, -0.25) is 0 Å². The first-order valence-electron chi connectivity index (χ1n) is 6.92. The van der Waals surface area contributed by atoms with E-state index in [2.05, 4.69) is 0 Å². The van der Waals surface area contributed by atoms with E-state index in [1.54, 1.807) is 13.8 Å². The molecule has 94 valence electrons. The molecule has 0 heterocycles. The van der Waals surface area contributed by atoms with Gasteiger partial charge in [0.25, 0.3) is 0 Å². The Bertz CT molecular complexity index is 384. The van der Waals surface area contributed by atoms with Gasteiger partial charge in [0.05, 0.1) is 0 Å². The predicted molar refractivity (Wildman–Crippen MR) is 65.5 cm³/mol. The Morgan fingerprint density at radius 2 is 1.76 bits per heavy atom. The van der Waals surface area contributed by atoms with Gasteiger partial charge in [0.2, 0.25) is 0 Å². The first-order valence-corrected chi connectivity index (χ1v) is 6.92. The fraction of sp³-hybridized carbons (Fsp3) is 0.867. The summed E-state index contributed by atoms with van der Waals surface area (Å²) in [4.78, 5) is 23.0. The molecule has 0 aromatic heterocycles. The quantitative estimate of drug-likeness (QED) is 0.749. The van der Waals surface area contributed by atoms with Gasteiger partial charge in [0, 0.05) is 12.8 Å². The van der Waals surface area contributed by atoms with Crippen LogP contribution in [0.2, 0.25) is 0 Å². The molecule has 0 aliphatic heterocycles. The fourth-order valence-electron chi connectivity index (χ4n) is 5.77. The molecule has 4 bridgehead atoms. The molecular formula is C15H22O2. The second-order valence-electron chi connectivity index (χ2n) is 7.21. The van der Waals surface area contributed by atoms with Crippen LogP contribution in [0, 0.1) is 22.7 Å². The van der Waals surface area contributed by atoms with Gasteiger partial charge in [0.15, 0.2) is 0 Å². The van der Waals surface area contributed by atoms with E-state index >= 15 is 0 Å². The third kappa shape index (κ3) is 1.68. The molecule has 17 heavy (non-hydrogen) atoms. The lowest BCUT2D eigenvalue weighted by Gasteiger charge is -2.40. The highest BCUT2D eigenvalue weighted by molar-refractivity contribution is 5.77. The number of carbonyl (C=O) groups is 2. The maximum atomic E-state index is 11.5. The van der Waals surface area contributed by atoms with Crippen LogP contribution in [0.4, 0.5) is 0 Å². The van der Waals surface area contributed by atoms with Crippen molar-refractivity contribution >= 4 is 11.6 Å². The van der Waals surface area contributed by atoms with Crippen LogP contribution in [0.5, 0.6) is 0 Å². The van der Waals surface area contributed by atoms with E-state index in [4.69, 9.17) is 0 Å². The zero-order chi connectivity index (χ0) is 12.3. The largest absolute Gasteiger partial charge is 0.300 e. The molecule has 2 nitrogen and oxygen atoms in total. The van der Waals surface area contributed by atoms with E-state index < -0.39 is 0 Å². The summed E-state index contributed by atoms with van der Waals surface area (Å²) in [7, 11) is 0. The van der Waals surface area contributed by atoms with Crippen molar-refractivity contribution in [2.24, 2.45) is 22.7 Å².